The first-order chi connectivity index (χ1) is 16.8. The number of benzene rings is 3. The summed E-state index contributed by atoms with van der Waals surface area (Å²) < 4.78 is 19.9. The Morgan fingerprint density at radius 1 is 1.09 bits per heavy atom. The Morgan fingerprint density at radius 3 is 2.54 bits per heavy atom. The van der Waals surface area contributed by atoms with Gasteiger partial charge < -0.3 is 19.0 Å². The van der Waals surface area contributed by atoms with Crippen molar-refractivity contribution in [1.29, 1.82) is 0 Å². The second kappa shape index (κ2) is 11.0. The van der Waals surface area contributed by atoms with E-state index in [1.165, 1.54) is 22.0 Å². The molecular formula is C29H31NO4S. The van der Waals surface area contributed by atoms with Crippen molar-refractivity contribution >= 4 is 28.0 Å². The molecule has 0 saturated carbocycles. The Kier molecular flexibility index (Phi) is 7.83. The quantitative estimate of drug-likeness (QED) is 0.276. The van der Waals surface area contributed by atoms with Crippen LogP contribution < -0.4 is 4.74 Å². The average molecular weight is 490 g/mol. The number of fused-ring (bicyclic) bond motifs is 1. The van der Waals surface area contributed by atoms with Gasteiger partial charge in [-0.05, 0) is 64.7 Å². The molecule has 0 radical (unpaired) electrons. The highest BCUT2D eigenvalue weighted by molar-refractivity contribution is 7.89. The maximum atomic E-state index is 11.6. The summed E-state index contributed by atoms with van der Waals surface area (Å²) in [6.45, 7) is 5.24. The van der Waals surface area contributed by atoms with E-state index in [0.717, 1.165) is 29.0 Å². The van der Waals surface area contributed by atoms with Crippen molar-refractivity contribution in [1.82, 2.24) is 4.57 Å². The molecule has 3 aromatic carbocycles. The molecule has 2 atom stereocenters. The monoisotopic (exact) mass is 489 g/mol. The van der Waals surface area contributed by atoms with E-state index in [1.54, 1.807) is 6.26 Å². The minimum Gasteiger partial charge on any atom is -0.616 e. The summed E-state index contributed by atoms with van der Waals surface area (Å²) in [5.41, 5.74) is 6.76. The molecular weight excluding hydrogens is 458 g/mol. The van der Waals surface area contributed by atoms with Crippen molar-refractivity contribution in [3.63, 3.8) is 0 Å². The Labute approximate surface area is 209 Å². The molecule has 0 bridgehead atoms. The van der Waals surface area contributed by atoms with Gasteiger partial charge in [0, 0.05) is 18.3 Å². The molecule has 4 rings (SSSR count). The van der Waals surface area contributed by atoms with Gasteiger partial charge in [0.1, 0.15) is 18.1 Å². The van der Waals surface area contributed by atoms with Gasteiger partial charge in [0.15, 0.2) is 0 Å². The lowest BCUT2D eigenvalue weighted by atomic mass is 9.98. The Morgan fingerprint density at radius 2 is 1.83 bits per heavy atom. The summed E-state index contributed by atoms with van der Waals surface area (Å²) in [7, 11) is 0. The highest BCUT2D eigenvalue weighted by Gasteiger charge is 2.12. The van der Waals surface area contributed by atoms with E-state index in [4.69, 9.17) is 9.84 Å². The number of aliphatic carboxylic acids is 1. The summed E-state index contributed by atoms with van der Waals surface area (Å²) in [5, 5.41) is 10.2. The van der Waals surface area contributed by atoms with E-state index < -0.39 is 17.1 Å². The molecule has 1 aromatic heterocycles. The normalized spacial score (nSPS) is 13.0. The lowest BCUT2D eigenvalue weighted by Gasteiger charge is -2.14. The third kappa shape index (κ3) is 6.27. The summed E-state index contributed by atoms with van der Waals surface area (Å²) >= 11 is -0.861. The van der Waals surface area contributed by atoms with Crippen LogP contribution in [0.2, 0.25) is 0 Å². The van der Waals surface area contributed by atoms with E-state index in [-0.39, 0.29) is 12.3 Å². The lowest BCUT2D eigenvalue weighted by Crippen LogP contribution is -2.05. The predicted molar refractivity (Wildman–Crippen MR) is 141 cm³/mol. The van der Waals surface area contributed by atoms with E-state index in [2.05, 4.69) is 48.0 Å². The number of carboxylic acids is 1. The third-order valence-corrected chi connectivity index (χ3v) is 7.07. The molecule has 0 aliphatic heterocycles. The molecule has 5 nitrogen and oxygen atoms in total. The number of ether oxygens (including phenoxy) is 1. The fraction of sp³-hybridized carbons (Fsp3) is 0.276. The van der Waals surface area contributed by atoms with Crippen molar-refractivity contribution in [2.75, 3.05) is 6.26 Å². The Bertz CT molecular complexity index is 1310. The van der Waals surface area contributed by atoms with Gasteiger partial charge in [-0.1, -0.05) is 60.6 Å². The van der Waals surface area contributed by atoms with Gasteiger partial charge >= 0.3 is 5.97 Å². The van der Waals surface area contributed by atoms with Crippen LogP contribution >= 0.6 is 0 Å². The molecule has 1 N–H and O–H groups in total. The number of carboxylic acid groups (broad SMARTS) is 1. The number of nitrogens with zero attached hydrogens (tertiary/aromatic N) is 1. The fourth-order valence-corrected chi connectivity index (χ4v) is 5.14. The van der Waals surface area contributed by atoms with Crippen molar-refractivity contribution in [2.24, 2.45) is 0 Å². The van der Waals surface area contributed by atoms with Crippen molar-refractivity contribution in [2.45, 2.75) is 45.1 Å². The van der Waals surface area contributed by atoms with Crippen LogP contribution in [0.4, 0.5) is 0 Å². The molecule has 1 unspecified atom stereocenters. The smallest absolute Gasteiger partial charge is 0.303 e. The van der Waals surface area contributed by atoms with E-state index in [9.17, 15) is 9.35 Å². The van der Waals surface area contributed by atoms with Crippen molar-refractivity contribution in [3.8, 4) is 5.75 Å². The molecule has 6 heteroatoms. The van der Waals surface area contributed by atoms with Gasteiger partial charge in [0.2, 0.25) is 0 Å². The van der Waals surface area contributed by atoms with Crippen LogP contribution in [0.1, 0.15) is 47.1 Å². The van der Waals surface area contributed by atoms with E-state index in [1.807, 2.05) is 43.3 Å². The summed E-state index contributed by atoms with van der Waals surface area (Å²) in [5.74, 6) is 0.499. The third-order valence-electron chi connectivity index (χ3n) is 6.33. The highest BCUT2D eigenvalue weighted by atomic mass is 32.2. The maximum Gasteiger partial charge on any atom is 0.303 e. The summed E-state index contributed by atoms with van der Waals surface area (Å²) in [6.07, 6.45) is 3.96. The molecule has 0 aliphatic rings. The summed E-state index contributed by atoms with van der Waals surface area (Å²) in [6, 6.07) is 22.4. The predicted octanol–water partition coefficient (Wildman–Crippen LogP) is 6.03. The van der Waals surface area contributed by atoms with Crippen LogP contribution in [0, 0.1) is 6.92 Å². The molecule has 1 heterocycles. The van der Waals surface area contributed by atoms with E-state index in [0.29, 0.717) is 12.4 Å². The molecule has 0 aliphatic carbocycles. The molecule has 35 heavy (non-hydrogen) atoms. The van der Waals surface area contributed by atoms with Gasteiger partial charge in [-0.15, -0.1) is 0 Å². The van der Waals surface area contributed by atoms with Crippen LogP contribution in [-0.4, -0.2) is 26.5 Å². The zero-order valence-corrected chi connectivity index (χ0v) is 21.2. The number of hydrogen-bond acceptors (Lipinski definition) is 3. The average Bonchev–Trinajstić information content (AvgIpc) is 3.22. The minimum atomic E-state index is -0.861. The van der Waals surface area contributed by atoms with E-state index >= 15 is 0 Å². The molecule has 0 fully saturated rings. The SMILES string of the molecule is Cc1c(COc2ccc(C(C)CC(=O)O)cc2)ccc2ccn(Cc3cccc(C[S@+](C)[O-])c3)c12. The zero-order valence-electron chi connectivity index (χ0n) is 20.4. The van der Waals surface area contributed by atoms with Crippen LogP contribution in [0.25, 0.3) is 10.9 Å². The first-order valence-electron chi connectivity index (χ1n) is 11.7. The van der Waals surface area contributed by atoms with Gasteiger partial charge in [-0.2, -0.15) is 0 Å². The number of aromatic nitrogens is 1. The largest absolute Gasteiger partial charge is 0.616 e. The number of aryl methyl sites for hydroxylation is 1. The summed E-state index contributed by atoms with van der Waals surface area (Å²) in [4.78, 5) is 11.0. The van der Waals surface area contributed by atoms with Crippen LogP contribution in [-0.2, 0) is 34.9 Å². The second-order valence-electron chi connectivity index (χ2n) is 9.13. The lowest BCUT2D eigenvalue weighted by molar-refractivity contribution is -0.137. The van der Waals surface area contributed by atoms with Gasteiger partial charge in [-0.25, -0.2) is 0 Å². The maximum absolute atomic E-state index is 11.6. The molecule has 4 aromatic rings. The van der Waals surface area contributed by atoms with Gasteiger partial charge in [0.05, 0.1) is 18.2 Å². The van der Waals surface area contributed by atoms with Crippen LogP contribution in [0.5, 0.6) is 5.75 Å². The molecule has 0 spiro atoms. The highest BCUT2D eigenvalue weighted by Crippen LogP contribution is 2.27. The number of rotatable bonds is 10. The standard InChI is InChI=1S/C29H31NO4S/c1-20(15-28(31)32)24-9-11-27(12-10-24)34-18-26-8-7-25-13-14-30(29(25)21(26)2)17-22-5-4-6-23(16-22)19-35(3)33/h4-14,16,20H,15,17-19H2,1-3H3,(H,31,32)/t20?,35-/m0/s1. The Hall–Kier alpha value is -3.22. The topological polar surface area (TPSA) is 74.5 Å². The Balaban J connectivity index is 1.49. The minimum absolute atomic E-state index is 0.0381. The first-order valence-corrected chi connectivity index (χ1v) is 13.4. The molecule has 0 saturated heterocycles. The van der Waals surface area contributed by atoms with Crippen LogP contribution in [0.15, 0.2) is 72.9 Å². The van der Waals surface area contributed by atoms with Crippen molar-refractivity contribution < 1.29 is 19.2 Å². The zero-order chi connectivity index (χ0) is 24.9. The van der Waals surface area contributed by atoms with Gasteiger partial charge in [0.25, 0.3) is 0 Å². The molecule has 182 valence electrons. The molecule has 0 amide bonds. The number of hydrogen-bond donors (Lipinski definition) is 1. The second-order valence-corrected chi connectivity index (χ2v) is 10.6. The van der Waals surface area contributed by atoms with Gasteiger partial charge in [-0.3, -0.25) is 4.79 Å². The van der Waals surface area contributed by atoms with Crippen molar-refractivity contribution in [3.05, 3.63) is 101 Å². The number of carbonyl (C=O) groups is 1. The van der Waals surface area contributed by atoms with Crippen LogP contribution in [0.3, 0.4) is 0 Å². The fourth-order valence-electron chi connectivity index (χ4n) is 4.49. The first kappa shape index (κ1) is 24.9.